The van der Waals surface area contributed by atoms with Crippen molar-refractivity contribution in [3.8, 4) is 11.8 Å². The van der Waals surface area contributed by atoms with Crippen LogP contribution in [-0.4, -0.2) is 9.55 Å². The van der Waals surface area contributed by atoms with Crippen LogP contribution >= 0.6 is 12.2 Å². The molecular formula is C15H11N3S. The third kappa shape index (κ3) is 1.85. The van der Waals surface area contributed by atoms with E-state index in [-0.39, 0.29) is 0 Å². The van der Waals surface area contributed by atoms with Gasteiger partial charge in [-0.15, -0.1) is 0 Å². The molecule has 1 N–H and O–H groups in total. The molecule has 0 saturated heterocycles. The minimum Gasteiger partial charge on any atom is -0.330 e. The zero-order chi connectivity index (χ0) is 13.4. The van der Waals surface area contributed by atoms with Gasteiger partial charge in [-0.3, -0.25) is 4.57 Å². The summed E-state index contributed by atoms with van der Waals surface area (Å²) in [7, 11) is 0. The van der Waals surface area contributed by atoms with Gasteiger partial charge in [0.15, 0.2) is 4.77 Å². The zero-order valence-corrected chi connectivity index (χ0v) is 11.2. The second-order valence-corrected chi connectivity index (χ2v) is 4.78. The van der Waals surface area contributed by atoms with Gasteiger partial charge in [-0.25, -0.2) is 0 Å². The predicted molar refractivity (Wildman–Crippen MR) is 77.9 cm³/mol. The lowest BCUT2D eigenvalue weighted by Crippen LogP contribution is -1.95. The highest BCUT2D eigenvalue weighted by atomic mass is 32.1. The number of hydrogen-bond donors (Lipinski definition) is 1. The molecular weight excluding hydrogens is 254 g/mol. The summed E-state index contributed by atoms with van der Waals surface area (Å²) in [4.78, 5) is 3.21. The average molecular weight is 265 g/mol. The fourth-order valence-corrected chi connectivity index (χ4v) is 2.57. The van der Waals surface area contributed by atoms with Gasteiger partial charge in [-0.05, 0) is 55.0 Å². The first-order valence-electron chi connectivity index (χ1n) is 5.91. The van der Waals surface area contributed by atoms with Crippen molar-refractivity contribution in [2.24, 2.45) is 0 Å². The summed E-state index contributed by atoms with van der Waals surface area (Å²) in [6.45, 7) is 2.06. The first-order chi connectivity index (χ1) is 9.20. The van der Waals surface area contributed by atoms with Gasteiger partial charge >= 0.3 is 0 Å². The highest BCUT2D eigenvalue weighted by Crippen LogP contribution is 2.22. The standard InChI is InChI=1S/C15H11N3S/c1-10-3-2-4-13-14(10)18(15(19)17-13)12-7-5-11(9-16)6-8-12/h2-8H,1H3,(H,17,19). The molecule has 0 aliphatic rings. The molecule has 1 aromatic heterocycles. The van der Waals surface area contributed by atoms with Crippen LogP contribution < -0.4 is 0 Å². The number of nitriles is 1. The van der Waals surface area contributed by atoms with E-state index in [4.69, 9.17) is 17.5 Å². The molecule has 2 aromatic carbocycles. The van der Waals surface area contributed by atoms with Crippen molar-refractivity contribution in [2.45, 2.75) is 6.92 Å². The molecule has 0 saturated carbocycles. The lowest BCUT2D eigenvalue weighted by molar-refractivity contribution is 1.06. The molecule has 3 nitrogen and oxygen atoms in total. The SMILES string of the molecule is Cc1cccc2[nH]c(=S)n(-c3ccc(C#N)cc3)c12. The second kappa shape index (κ2) is 4.38. The number of H-pyrrole nitrogens is 1. The summed E-state index contributed by atoms with van der Waals surface area (Å²) < 4.78 is 2.66. The van der Waals surface area contributed by atoms with Gasteiger partial charge in [0.25, 0.3) is 0 Å². The number of benzene rings is 2. The Bertz CT molecular complexity index is 848. The van der Waals surface area contributed by atoms with Crippen molar-refractivity contribution in [3.63, 3.8) is 0 Å². The molecule has 19 heavy (non-hydrogen) atoms. The predicted octanol–water partition coefficient (Wildman–Crippen LogP) is 3.87. The Kier molecular flexibility index (Phi) is 2.69. The molecule has 0 atom stereocenters. The van der Waals surface area contributed by atoms with Gasteiger partial charge < -0.3 is 4.98 Å². The number of imidazole rings is 1. The largest absolute Gasteiger partial charge is 0.330 e. The van der Waals surface area contributed by atoms with Crippen molar-refractivity contribution in [2.75, 3.05) is 0 Å². The first kappa shape index (κ1) is 11.7. The molecule has 3 rings (SSSR count). The first-order valence-corrected chi connectivity index (χ1v) is 6.32. The fourth-order valence-electron chi connectivity index (χ4n) is 2.26. The van der Waals surface area contributed by atoms with E-state index in [1.54, 1.807) is 12.1 Å². The Morgan fingerprint density at radius 2 is 1.89 bits per heavy atom. The molecule has 3 aromatic rings. The summed E-state index contributed by atoms with van der Waals surface area (Å²) in [6, 6.07) is 15.6. The molecule has 0 bridgehead atoms. The van der Waals surface area contributed by atoms with Crippen LogP contribution in [0, 0.1) is 23.0 Å². The smallest absolute Gasteiger partial charge is 0.182 e. The molecule has 0 radical (unpaired) electrons. The van der Waals surface area contributed by atoms with Crippen LogP contribution in [0.2, 0.25) is 0 Å². The Labute approximate surface area is 115 Å². The molecule has 0 fully saturated rings. The van der Waals surface area contributed by atoms with E-state index >= 15 is 0 Å². The Balaban J connectivity index is 2.33. The van der Waals surface area contributed by atoms with Crippen molar-refractivity contribution < 1.29 is 0 Å². The van der Waals surface area contributed by atoms with Gasteiger partial charge in [0.1, 0.15) is 0 Å². The van der Waals surface area contributed by atoms with Crippen LogP contribution in [0.15, 0.2) is 42.5 Å². The van der Waals surface area contributed by atoms with Crippen LogP contribution in [0.25, 0.3) is 16.7 Å². The van der Waals surface area contributed by atoms with Gasteiger partial charge in [0.05, 0.1) is 22.7 Å². The van der Waals surface area contributed by atoms with E-state index in [1.807, 2.05) is 28.8 Å². The fraction of sp³-hybridized carbons (Fsp3) is 0.0667. The number of rotatable bonds is 1. The van der Waals surface area contributed by atoms with Crippen molar-refractivity contribution >= 4 is 23.3 Å². The molecule has 0 aliphatic heterocycles. The van der Waals surface area contributed by atoms with Crippen molar-refractivity contribution in [3.05, 3.63) is 58.4 Å². The minimum absolute atomic E-state index is 0.645. The van der Waals surface area contributed by atoms with E-state index in [1.165, 1.54) is 0 Å². The van der Waals surface area contributed by atoms with Crippen LogP contribution in [0.4, 0.5) is 0 Å². The molecule has 0 spiro atoms. The molecule has 4 heteroatoms. The summed E-state index contributed by atoms with van der Waals surface area (Å²) in [5.74, 6) is 0. The minimum atomic E-state index is 0.645. The Morgan fingerprint density at radius 3 is 2.58 bits per heavy atom. The highest BCUT2D eigenvalue weighted by Gasteiger charge is 2.08. The van der Waals surface area contributed by atoms with Crippen molar-refractivity contribution in [1.82, 2.24) is 9.55 Å². The number of aromatic amines is 1. The Hall–Kier alpha value is -2.38. The summed E-state index contributed by atoms with van der Waals surface area (Å²) in [6.07, 6.45) is 0. The van der Waals surface area contributed by atoms with Crippen LogP contribution in [0.5, 0.6) is 0 Å². The van der Waals surface area contributed by atoms with E-state index in [9.17, 15) is 0 Å². The maximum absolute atomic E-state index is 8.85. The summed E-state index contributed by atoms with van der Waals surface area (Å²) in [5.41, 5.74) is 4.87. The number of fused-ring (bicyclic) bond motifs is 1. The maximum atomic E-state index is 8.85. The number of aryl methyl sites for hydroxylation is 1. The maximum Gasteiger partial charge on any atom is 0.182 e. The van der Waals surface area contributed by atoms with E-state index in [2.05, 4.69) is 24.0 Å². The third-order valence-corrected chi connectivity index (χ3v) is 3.45. The lowest BCUT2D eigenvalue weighted by atomic mass is 10.2. The summed E-state index contributed by atoms with van der Waals surface area (Å²) >= 11 is 5.40. The third-order valence-electron chi connectivity index (χ3n) is 3.16. The number of aromatic nitrogens is 2. The number of nitrogens with zero attached hydrogens (tertiary/aromatic N) is 2. The van der Waals surface area contributed by atoms with E-state index in [0.29, 0.717) is 10.3 Å². The molecule has 0 amide bonds. The van der Waals surface area contributed by atoms with E-state index in [0.717, 1.165) is 22.3 Å². The van der Waals surface area contributed by atoms with Crippen LogP contribution in [0.1, 0.15) is 11.1 Å². The molecule has 92 valence electrons. The number of nitrogens with one attached hydrogen (secondary N) is 1. The second-order valence-electron chi connectivity index (χ2n) is 4.40. The number of hydrogen-bond acceptors (Lipinski definition) is 2. The zero-order valence-electron chi connectivity index (χ0n) is 10.3. The van der Waals surface area contributed by atoms with Gasteiger partial charge in [0, 0.05) is 5.69 Å². The topological polar surface area (TPSA) is 44.5 Å². The molecule has 0 aliphatic carbocycles. The average Bonchev–Trinajstić information content (AvgIpc) is 2.76. The van der Waals surface area contributed by atoms with Crippen LogP contribution in [0.3, 0.4) is 0 Å². The monoisotopic (exact) mass is 265 g/mol. The van der Waals surface area contributed by atoms with Gasteiger partial charge in [-0.1, -0.05) is 12.1 Å². The quantitative estimate of drug-likeness (QED) is 0.679. The normalized spacial score (nSPS) is 10.5. The van der Waals surface area contributed by atoms with Crippen LogP contribution in [-0.2, 0) is 0 Å². The number of para-hydroxylation sites is 1. The highest BCUT2D eigenvalue weighted by molar-refractivity contribution is 7.71. The Morgan fingerprint density at radius 1 is 1.16 bits per heavy atom. The van der Waals surface area contributed by atoms with Crippen molar-refractivity contribution in [1.29, 1.82) is 5.26 Å². The van der Waals surface area contributed by atoms with Gasteiger partial charge in [-0.2, -0.15) is 5.26 Å². The lowest BCUT2D eigenvalue weighted by Gasteiger charge is -2.06. The molecule has 0 unspecified atom stereocenters. The molecule has 1 heterocycles. The van der Waals surface area contributed by atoms with E-state index < -0.39 is 0 Å². The van der Waals surface area contributed by atoms with Gasteiger partial charge in [0.2, 0.25) is 0 Å². The summed E-state index contributed by atoms with van der Waals surface area (Å²) in [5, 5.41) is 8.85.